The van der Waals surface area contributed by atoms with Crippen molar-refractivity contribution in [2.75, 3.05) is 0 Å². The zero-order valence-electron chi connectivity index (χ0n) is 11.8. The first-order valence-electron chi connectivity index (χ1n) is 6.41. The van der Waals surface area contributed by atoms with Crippen molar-refractivity contribution in [1.82, 2.24) is 4.98 Å². The molecule has 0 atom stereocenters. The summed E-state index contributed by atoms with van der Waals surface area (Å²) in [5.41, 5.74) is 0.532. The topological polar surface area (TPSA) is 111 Å². The number of aromatic hydroxyl groups is 2. The zero-order valence-corrected chi connectivity index (χ0v) is 12.6. The highest BCUT2D eigenvalue weighted by Gasteiger charge is 2.21. The predicted molar refractivity (Wildman–Crippen MR) is 83.9 cm³/mol. The van der Waals surface area contributed by atoms with Crippen molar-refractivity contribution < 1.29 is 18.6 Å². The van der Waals surface area contributed by atoms with E-state index < -0.39 is 14.7 Å². The third-order valence-electron chi connectivity index (χ3n) is 2.85. The summed E-state index contributed by atoms with van der Waals surface area (Å²) in [5.74, 6) is -0.550. The molecule has 0 saturated carbocycles. The molecule has 1 aromatic carbocycles. The molecule has 2 N–H and O–H groups in total. The maximum Gasteiger partial charge on any atom is 0.233 e. The maximum atomic E-state index is 12.2. The van der Waals surface area contributed by atoms with Crippen LogP contribution in [0.15, 0.2) is 64.7 Å². The van der Waals surface area contributed by atoms with Crippen LogP contribution < -0.4 is 0 Å². The molecular weight excluding hydrogens is 316 g/mol. The van der Waals surface area contributed by atoms with E-state index in [2.05, 4.69) is 4.98 Å². The zero-order chi connectivity index (χ0) is 16.9. The van der Waals surface area contributed by atoms with Gasteiger partial charge < -0.3 is 10.2 Å². The van der Waals surface area contributed by atoms with E-state index in [9.17, 15) is 18.6 Å². The summed E-state index contributed by atoms with van der Waals surface area (Å²) in [6.45, 7) is 0. The van der Waals surface area contributed by atoms with Crippen molar-refractivity contribution in [3.05, 3.63) is 65.2 Å². The molecule has 23 heavy (non-hydrogen) atoms. The van der Waals surface area contributed by atoms with Crippen molar-refractivity contribution >= 4 is 15.9 Å². The lowest BCUT2D eigenvalue weighted by Crippen LogP contribution is -2.05. The molecule has 0 radical (unpaired) electrons. The minimum Gasteiger partial charge on any atom is -0.504 e. The summed E-state index contributed by atoms with van der Waals surface area (Å²) in [6.07, 6.45) is 5.33. The van der Waals surface area contributed by atoms with E-state index in [4.69, 9.17) is 5.26 Å². The average molecular weight is 328 g/mol. The fraction of sp³-hybridized carbons (Fsp3) is 0. The van der Waals surface area contributed by atoms with Gasteiger partial charge in [0.2, 0.25) is 9.84 Å². The van der Waals surface area contributed by atoms with E-state index in [1.54, 1.807) is 12.1 Å². The Morgan fingerprint density at radius 2 is 1.96 bits per heavy atom. The van der Waals surface area contributed by atoms with Gasteiger partial charge in [0.25, 0.3) is 0 Å². The lowest BCUT2D eigenvalue weighted by Gasteiger charge is -2.00. The number of benzene rings is 1. The van der Waals surface area contributed by atoms with Crippen LogP contribution in [0.4, 0.5) is 0 Å². The second-order valence-corrected chi connectivity index (χ2v) is 6.29. The molecule has 1 aromatic heterocycles. The van der Waals surface area contributed by atoms with Gasteiger partial charge in [0.15, 0.2) is 21.4 Å². The first-order chi connectivity index (χ1) is 10.9. The molecule has 0 bridgehead atoms. The number of phenolic OH excluding ortho intramolecular Hbond substituents is 2. The van der Waals surface area contributed by atoms with E-state index in [0.29, 0.717) is 5.56 Å². The summed E-state index contributed by atoms with van der Waals surface area (Å²) in [7, 11) is -3.97. The Labute approximate surface area is 133 Å². The first kappa shape index (κ1) is 16.3. The molecule has 0 aliphatic heterocycles. The van der Waals surface area contributed by atoms with Gasteiger partial charge in [0.1, 0.15) is 6.07 Å². The Morgan fingerprint density at radius 1 is 1.17 bits per heavy atom. The van der Waals surface area contributed by atoms with Crippen LogP contribution in [0.5, 0.6) is 11.5 Å². The van der Waals surface area contributed by atoms with Crippen LogP contribution >= 0.6 is 0 Å². The van der Waals surface area contributed by atoms with E-state index in [1.807, 2.05) is 0 Å². The minimum absolute atomic E-state index is 0.205. The summed E-state index contributed by atoms with van der Waals surface area (Å²) < 4.78 is 24.5. The van der Waals surface area contributed by atoms with Gasteiger partial charge in [-0.3, -0.25) is 0 Å². The predicted octanol–water partition coefficient (Wildman–Crippen LogP) is 2.39. The first-order valence-corrected chi connectivity index (χ1v) is 7.90. The molecule has 0 aliphatic carbocycles. The van der Waals surface area contributed by atoms with Crippen molar-refractivity contribution in [2.24, 2.45) is 0 Å². The van der Waals surface area contributed by atoms with Crippen LogP contribution in [-0.4, -0.2) is 23.6 Å². The second kappa shape index (κ2) is 6.77. The summed E-state index contributed by atoms with van der Waals surface area (Å²) >= 11 is 0. The van der Waals surface area contributed by atoms with E-state index in [0.717, 1.165) is 6.08 Å². The van der Waals surface area contributed by atoms with Crippen LogP contribution in [0, 0.1) is 11.3 Å². The Hall–Kier alpha value is -3.11. The van der Waals surface area contributed by atoms with Crippen LogP contribution in [-0.2, 0) is 9.84 Å². The van der Waals surface area contributed by atoms with Gasteiger partial charge >= 0.3 is 0 Å². The van der Waals surface area contributed by atoms with Gasteiger partial charge in [-0.05, 0) is 35.9 Å². The Morgan fingerprint density at radius 3 is 2.57 bits per heavy atom. The van der Waals surface area contributed by atoms with Crippen molar-refractivity contribution in [3.63, 3.8) is 0 Å². The summed E-state index contributed by atoms with van der Waals surface area (Å²) in [4.78, 5) is 3.29. The minimum atomic E-state index is -3.97. The normalized spacial score (nSPS) is 12.2. The molecule has 0 saturated heterocycles. The second-order valence-electron chi connectivity index (χ2n) is 4.42. The standard InChI is InChI=1S/C16H12N2O4S/c17-11-13(23(21,22)16-6-1-2-9-18-16)5-3-4-12-7-8-14(19)15(20)10-12/h1-10,19-20H. The lowest BCUT2D eigenvalue weighted by molar-refractivity contribution is 0.403. The maximum absolute atomic E-state index is 12.2. The molecule has 6 nitrogen and oxygen atoms in total. The number of aromatic nitrogens is 1. The number of nitrogens with zero attached hydrogens (tertiary/aromatic N) is 2. The third kappa shape index (κ3) is 3.75. The highest BCUT2D eigenvalue weighted by atomic mass is 32.2. The van der Waals surface area contributed by atoms with Gasteiger partial charge in [0, 0.05) is 6.20 Å². The largest absolute Gasteiger partial charge is 0.504 e. The number of phenols is 2. The molecule has 2 rings (SSSR count). The molecule has 0 amide bonds. The number of pyridine rings is 1. The quantitative estimate of drug-likeness (QED) is 0.506. The van der Waals surface area contributed by atoms with Crippen molar-refractivity contribution in [2.45, 2.75) is 5.03 Å². The smallest absolute Gasteiger partial charge is 0.233 e. The van der Waals surface area contributed by atoms with Gasteiger partial charge in [-0.15, -0.1) is 0 Å². The summed E-state index contributed by atoms with van der Waals surface area (Å²) in [5, 5.41) is 27.5. The fourth-order valence-electron chi connectivity index (χ4n) is 1.70. The number of sulfone groups is 1. The Balaban J connectivity index is 2.31. The molecule has 0 unspecified atom stereocenters. The van der Waals surface area contributed by atoms with Gasteiger partial charge in [-0.25, -0.2) is 13.4 Å². The van der Waals surface area contributed by atoms with E-state index >= 15 is 0 Å². The van der Waals surface area contributed by atoms with E-state index in [1.165, 1.54) is 48.7 Å². The molecule has 116 valence electrons. The molecule has 0 fully saturated rings. The molecule has 2 aromatic rings. The Bertz CT molecular complexity index is 911. The van der Waals surface area contributed by atoms with Crippen LogP contribution in [0.1, 0.15) is 5.56 Å². The molecule has 0 spiro atoms. The van der Waals surface area contributed by atoms with Gasteiger partial charge in [-0.1, -0.05) is 24.3 Å². The number of allylic oxidation sites excluding steroid dienone is 3. The van der Waals surface area contributed by atoms with Crippen LogP contribution in [0.2, 0.25) is 0 Å². The number of nitriles is 1. The van der Waals surface area contributed by atoms with Gasteiger partial charge in [-0.2, -0.15) is 5.26 Å². The van der Waals surface area contributed by atoms with Crippen molar-refractivity contribution in [3.8, 4) is 17.6 Å². The van der Waals surface area contributed by atoms with Crippen LogP contribution in [0.3, 0.4) is 0 Å². The summed E-state index contributed by atoms with van der Waals surface area (Å²) in [6, 6.07) is 10.2. The SMILES string of the molecule is N#CC(=CC=Cc1ccc(O)c(O)c1)S(=O)(=O)c1ccccn1. The molecule has 1 heterocycles. The van der Waals surface area contributed by atoms with Crippen molar-refractivity contribution in [1.29, 1.82) is 5.26 Å². The molecular formula is C16H12N2O4S. The number of hydrogen-bond acceptors (Lipinski definition) is 6. The third-order valence-corrected chi connectivity index (χ3v) is 4.45. The molecule has 0 aliphatic rings. The van der Waals surface area contributed by atoms with E-state index in [-0.39, 0.29) is 16.5 Å². The highest BCUT2D eigenvalue weighted by molar-refractivity contribution is 7.95. The fourth-order valence-corrected chi connectivity index (χ4v) is 2.76. The Kier molecular flexibility index (Phi) is 4.79. The van der Waals surface area contributed by atoms with Crippen LogP contribution in [0.25, 0.3) is 6.08 Å². The average Bonchev–Trinajstić information content (AvgIpc) is 2.55. The highest BCUT2D eigenvalue weighted by Crippen LogP contribution is 2.25. The molecule has 7 heteroatoms. The number of rotatable bonds is 4. The number of hydrogen-bond donors (Lipinski definition) is 2. The van der Waals surface area contributed by atoms with Gasteiger partial charge in [0.05, 0.1) is 0 Å². The monoisotopic (exact) mass is 328 g/mol. The lowest BCUT2D eigenvalue weighted by atomic mass is 10.2.